The van der Waals surface area contributed by atoms with Gasteiger partial charge in [-0.3, -0.25) is 0 Å². The zero-order chi connectivity index (χ0) is 11.3. The van der Waals surface area contributed by atoms with Gasteiger partial charge in [-0.25, -0.2) is 0 Å². The van der Waals surface area contributed by atoms with Crippen molar-refractivity contribution in [3.63, 3.8) is 0 Å². The lowest BCUT2D eigenvalue weighted by Gasteiger charge is -2.40. The van der Waals surface area contributed by atoms with Crippen molar-refractivity contribution in [2.45, 2.75) is 51.9 Å². The molecule has 2 heterocycles. The summed E-state index contributed by atoms with van der Waals surface area (Å²) >= 11 is 0. The number of hydrogen-bond donors (Lipinski definition) is 1. The monoisotopic (exact) mass is 224 g/mol. The van der Waals surface area contributed by atoms with E-state index < -0.39 is 0 Å². The van der Waals surface area contributed by atoms with E-state index >= 15 is 0 Å². The maximum Gasteiger partial charge on any atom is 0.00388 e. The van der Waals surface area contributed by atoms with Gasteiger partial charge in [0.25, 0.3) is 0 Å². The van der Waals surface area contributed by atoms with E-state index in [4.69, 9.17) is 0 Å². The van der Waals surface area contributed by atoms with Gasteiger partial charge in [-0.15, -0.1) is 0 Å². The average molecular weight is 224 g/mol. The minimum absolute atomic E-state index is 0.635. The lowest BCUT2D eigenvalue weighted by atomic mass is 9.76. The molecular weight excluding hydrogens is 196 g/mol. The second kappa shape index (κ2) is 6.02. The van der Waals surface area contributed by atoms with Gasteiger partial charge in [-0.05, 0) is 63.7 Å². The molecule has 0 unspecified atom stereocenters. The molecule has 0 atom stereocenters. The Balaban J connectivity index is 1.88. The number of nitrogens with zero attached hydrogens (tertiary/aromatic N) is 1. The summed E-state index contributed by atoms with van der Waals surface area (Å²) in [4.78, 5) is 2.75. The zero-order valence-corrected chi connectivity index (χ0v) is 10.9. The smallest absolute Gasteiger partial charge is 0.00388 e. The highest BCUT2D eigenvalue weighted by Crippen LogP contribution is 2.33. The van der Waals surface area contributed by atoms with E-state index in [1.807, 2.05) is 0 Å². The highest BCUT2D eigenvalue weighted by atomic mass is 15.1. The van der Waals surface area contributed by atoms with Gasteiger partial charge in [0.2, 0.25) is 0 Å². The topological polar surface area (TPSA) is 15.3 Å². The summed E-state index contributed by atoms with van der Waals surface area (Å²) in [5.41, 5.74) is 0.635. The van der Waals surface area contributed by atoms with Crippen molar-refractivity contribution in [1.82, 2.24) is 10.2 Å². The van der Waals surface area contributed by atoms with Crippen molar-refractivity contribution in [1.29, 1.82) is 0 Å². The Morgan fingerprint density at radius 1 is 1.00 bits per heavy atom. The maximum absolute atomic E-state index is 3.50. The SMILES string of the molecule is CCC1(CN2CCCCCC2)CCNCC1. The van der Waals surface area contributed by atoms with Crippen LogP contribution < -0.4 is 5.32 Å². The first kappa shape index (κ1) is 12.4. The summed E-state index contributed by atoms with van der Waals surface area (Å²) < 4.78 is 0. The Labute approximate surface area is 101 Å². The highest BCUT2D eigenvalue weighted by molar-refractivity contribution is 4.86. The van der Waals surface area contributed by atoms with Crippen molar-refractivity contribution in [2.75, 3.05) is 32.7 Å². The van der Waals surface area contributed by atoms with Crippen LogP contribution in [0.5, 0.6) is 0 Å². The molecule has 2 aliphatic rings. The van der Waals surface area contributed by atoms with Gasteiger partial charge in [-0.2, -0.15) is 0 Å². The molecule has 0 radical (unpaired) electrons. The van der Waals surface area contributed by atoms with E-state index in [-0.39, 0.29) is 0 Å². The lowest BCUT2D eigenvalue weighted by Crippen LogP contribution is -2.44. The molecule has 0 aromatic heterocycles. The van der Waals surface area contributed by atoms with Crippen LogP contribution in [0, 0.1) is 5.41 Å². The molecule has 0 saturated carbocycles. The van der Waals surface area contributed by atoms with Gasteiger partial charge in [0.1, 0.15) is 0 Å². The molecule has 16 heavy (non-hydrogen) atoms. The molecule has 1 N–H and O–H groups in total. The number of likely N-dealkylation sites (tertiary alicyclic amines) is 1. The number of nitrogens with one attached hydrogen (secondary N) is 1. The number of hydrogen-bond acceptors (Lipinski definition) is 2. The third-order valence-electron chi connectivity index (χ3n) is 4.67. The van der Waals surface area contributed by atoms with Gasteiger partial charge in [-0.1, -0.05) is 19.8 Å². The Bertz CT molecular complexity index is 189. The summed E-state index contributed by atoms with van der Waals surface area (Å²) in [5.74, 6) is 0. The van der Waals surface area contributed by atoms with Gasteiger partial charge < -0.3 is 10.2 Å². The van der Waals surface area contributed by atoms with E-state index in [1.165, 1.54) is 77.7 Å². The minimum Gasteiger partial charge on any atom is -0.317 e. The third-order valence-corrected chi connectivity index (χ3v) is 4.67. The summed E-state index contributed by atoms with van der Waals surface area (Å²) in [5, 5.41) is 3.50. The first-order chi connectivity index (χ1) is 7.85. The molecular formula is C14H28N2. The van der Waals surface area contributed by atoms with Crippen LogP contribution in [0.3, 0.4) is 0 Å². The van der Waals surface area contributed by atoms with Gasteiger partial charge >= 0.3 is 0 Å². The molecule has 2 aliphatic heterocycles. The lowest BCUT2D eigenvalue weighted by molar-refractivity contribution is 0.109. The molecule has 0 bridgehead atoms. The van der Waals surface area contributed by atoms with Gasteiger partial charge in [0, 0.05) is 6.54 Å². The van der Waals surface area contributed by atoms with E-state index in [0.717, 1.165) is 0 Å². The van der Waals surface area contributed by atoms with Crippen LogP contribution in [0.4, 0.5) is 0 Å². The van der Waals surface area contributed by atoms with Crippen LogP contribution in [-0.2, 0) is 0 Å². The van der Waals surface area contributed by atoms with E-state index in [9.17, 15) is 0 Å². The Hall–Kier alpha value is -0.0800. The first-order valence-electron chi connectivity index (χ1n) is 7.28. The molecule has 0 aromatic carbocycles. The van der Waals surface area contributed by atoms with Crippen molar-refractivity contribution >= 4 is 0 Å². The molecule has 0 aliphatic carbocycles. The number of piperidine rings is 1. The zero-order valence-electron chi connectivity index (χ0n) is 10.9. The van der Waals surface area contributed by atoms with Gasteiger partial charge in [0.15, 0.2) is 0 Å². The molecule has 0 spiro atoms. The highest BCUT2D eigenvalue weighted by Gasteiger charge is 2.32. The predicted octanol–water partition coefficient (Wildman–Crippen LogP) is 2.64. The van der Waals surface area contributed by atoms with Gasteiger partial charge in [0.05, 0.1) is 0 Å². The van der Waals surface area contributed by atoms with Crippen LogP contribution in [0.25, 0.3) is 0 Å². The average Bonchev–Trinajstić information content (AvgIpc) is 2.59. The van der Waals surface area contributed by atoms with E-state index in [0.29, 0.717) is 5.41 Å². The molecule has 0 aromatic rings. The van der Waals surface area contributed by atoms with Crippen LogP contribution in [-0.4, -0.2) is 37.6 Å². The summed E-state index contributed by atoms with van der Waals surface area (Å²) in [6.07, 6.45) is 9.91. The number of rotatable bonds is 3. The molecule has 2 heteroatoms. The summed E-state index contributed by atoms with van der Waals surface area (Å²) in [6.45, 7) is 8.95. The molecule has 0 amide bonds. The maximum atomic E-state index is 3.50. The van der Waals surface area contributed by atoms with Crippen LogP contribution in [0.1, 0.15) is 51.9 Å². The fourth-order valence-corrected chi connectivity index (χ4v) is 3.35. The largest absolute Gasteiger partial charge is 0.317 e. The van der Waals surface area contributed by atoms with Crippen molar-refractivity contribution in [2.24, 2.45) is 5.41 Å². The Kier molecular flexibility index (Phi) is 4.66. The summed E-state index contributed by atoms with van der Waals surface area (Å²) in [7, 11) is 0. The van der Waals surface area contributed by atoms with Crippen LogP contribution >= 0.6 is 0 Å². The van der Waals surface area contributed by atoms with Crippen LogP contribution in [0.15, 0.2) is 0 Å². The van der Waals surface area contributed by atoms with Crippen molar-refractivity contribution in [3.05, 3.63) is 0 Å². The van der Waals surface area contributed by atoms with Crippen LogP contribution in [0.2, 0.25) is 0 Å². The second-order valence-corrected chi connectivity index (χ2v) is 5.79. The standard InChI is InChI=1S/C14H28N2/c1-2-14(7-9-15-10-8-14)13-16-11-5-3-4-6-12-16/h15H,2-13H2,1H3. The van der Waals surface area contributed by atoms with E-state index in [1.54, 1.807) is 0 Å². The molecule has 94 valence electrons. The van der Waals surface area contributed by atoms with E-state index in [2.05, 4.69) is 17.1 Å². The molecule has 2 saturated heterocycles. The Morgan fingerprint density at radius 2 is 1.62 bits per heavy atom. The fraction of sp³-hybridized carbons (Fsp3) is 1.00. The fourth-order valence-electron chi connectivity index (χ4n) is 3.35. The first-order valence-corrected chi connectivity index (χ1v) is 7.28. The quantitative estimate of drug-likeness (QED) is 0.793. The normalized spacial score (nSPS) is 27.6. The predicted molar refractivity (Wildman–Crippen MR) is 69.7 cm³/mol. The summed E-state index contributed by atoms with van der Waals surface area (Å²) in [6, 6.07) is 0. The third kappa shape index (κ3) is 3.21. The molecule has 2 fully saturated rings. The van der Waals surface area contributed by atoms with Crippen molar-refractivity contribution < 1.29 is 0 Å². The van der Waals surface area contributed by atoms with Crippen molar-refractivity contribution in [3.8, 4) is 0 Å². The molecule has 2 nitrogen and oxygen atoms in total. The molecule has 2 rings (SSSR count). The second-order valence-electron chi connectivity index (χ2n) is 5.79. The Morgan fingerprint density at radius 3 is 2.19 bits per heavy atom. The minimum atomic E-state index is 0.635.